The molecular formula is C24H32FNO4. The number of nitrogens with zero attached hydrogens (tertiary/aromatic N) is 1. The van der Waals surface area contributed by atoms with Gasteiger partial charge in [-0.15, -0.1) is 0 Å². The Morgan fingerprint density at radius 1 is 1.20 bits per heavy atom. The van der Waals surface area contributed by atoms with E-state index in [4.69, 9.17) is 4.74 Å². The van der Waals surface area contributed by atoms with E-state index in [2.05, 4.69) is 13.8 Å². The molecule has 1 N–H and O–H groups in total. The lowest BCUT2D eigenvalue weighted by Gasteiger charge is -2.36. The minimum absolute atomic E-state index is 0.0323. The molecule has 3 aliphatic rings. The van der Waals surface area contributed by atoms with Gasteiger partial charge in [0.2, 0.25) is 0 Å². The summed E-state index contributed by atoms with van der Waals surface area (Å²) in [5, 5.41) is 9.37. The fraction of sp³-hybridized carbons (Fsp3) is 0.667. The topological polar surface area (TPSA) is 66.8 Å². The number of carboxylic acids is 1. The number of benzene rings is 1. The summed E-state index contributed by atoms with van der Waals surface area (Å²) in [4.78, 5) is 25.7. The van der Waals surface area contributed by atoms with Crippen molar-refractivity contribution in [2.24, 2.45) is 11.3 Å². The maximum absolute atomic E-state index is 15.0. The van der Waals surface area contributed by atoms with Crippen molar-refractivity contribution in [1.82, 2.24) is 4.90 Å². The van der Waals surface area contributed by atoms with Crippen molar-refractivity contribution >= 4 is 11.9 Å². The molecule has 0 radical (unpaired) electrons. The Kier molecular flexibility index (Phi) is 5.78. The number of carbonyl (C=O) groups is 2. The lowest BCUT2D eigenvalue weighted by Crippen LogP contribution is -2.40. The van der Waals surface area contributed by atoms with Crippen molar-refractivity contribution in [3.05, 3.63) is 29.1 Å². The van der Waals surface area contributed by atoms with Gasteiger partial charge in [-0.25, -0.2) is 9.18 Å². The maximum atomic E-state index is 15.0. The number of aliphatic carboxylic acids is 1. The van der Waals surface area contributed by atoms with Gasteiger partial charge in [0.15, 0.2) is 0 Å². The first-order valence-electron chi connectivity index (χ1n) is 11.3. The quantitative estimate of drug-likeness (QED) is 0.708. The van der Waals surface area contributed by atoms with Gasteiger partial charge in [0.05, 0.1) is 12.2 Å². The molecule has 0 unspecified atom stereocenters. The largest absolute Gasteiger partial charge is 0.493 e. The fourth-order valence-electron chi connectivity index (χ4n) is 4.85. The Morgan fingerprint density at radius 3 is 2.53 bits per heavy atom. The number of rotatable bonds is 6. The average Bonchev–Trinajstić information content (AvgIpc) is 3.43. The SMILES string of the molecule is CC1CCC(C)(COc2cc(F)c(C(=O)N3CCC[C@H]3C(=O)O)cc2C2CC2)CC1. The minimum atomic E-state index is -1.03. The van der Waals surface area contributed by atoms with Gasteiger partial charge >= 0.3 is 5.97 Å². The molecule has 6 heteroatoms. The summed E-state index contributed by atoms with van der Waals surface area (Å²) in [5.74, 6) is -0.596. The highest BCUT2D eigenvalue weighted by Gasteiger charge is 2.37. The van der Waals surface area contributed by atoms with Crippen molar-refractivity contribution in [3.63, 3.8) is 0 Å². The van der Waals surface area contributed by atoms with Crippen molar-refractivity contribution in [1.29, 1.82) is 0 Å². The molecule has 1 aliphatic heterocycles. The van der Waals surface area contributed by atoms with E-state index in [0.29, 0.717) is 37.7 Å². The van der Waals surface area contributed by atoms with Crippen LogP contribution in [0.25, 0.3) is 0 Å². The van der Waals surface area contributed by atoms with E-state index in [9.17, 15) is 19.1 Å². The predicted octanol–water partition coefficient (Wildman–Crippen LogP) is 4.99. The number of halogens is 1. The standard InChI is InChI=1S/C24H32FNO4/c1-15-7-9-24(2,10-8-15)14-30-21-13-19(25)18(12-17(21)16-5-6-16)22(27)26-11-3-4-20(26)23(28)29/h12-13,15-16,20H,3-11,14H2,1-2H3,(H,28,29)/t15?,20-,24?/m0/s1. The molecule has 0 spiro atoms. The van der Waals surface area contributed by atoms with Crippen LogP contribution in [0.1, 0.15) is 87.1 Å². The van der Waals surface area contributed by atoms with Gasteiger partial charge in [-0.2, -0.15) is 0 Å². The molecule has 1 heterocycles. The zero-order valence-corrected chi connectivity index (χ0v) is 18.0. The molecule has 164 valence electrons. The monoisotopic (exact) mass is 417 g/mol. The summed E-state index contributed by atoms with van der Waals surface area (Å²) < 4.78 is 21.1. The molecule has 4 rings (SSSR count). The number of ether oxygens (including phenoxy) is 1. The van der Waals surface area contributed by atoms with Crippen molar-refractivity contribution in [2.75, 3.05) is 13.2 Å². The summed E-state index contributed by atoms with van der Waals surface area (Å²) >= 11 is 0. The van der Waals surface area contributed by atoms with E-state index >= 15 is 0 Å². The zero-order chi connectivity index (χ0) is 21.5. The first kappa shape index (κ1) is 21.1. The molecule has 0 aromatic heterocycles. The highest BCUT2D eigenvalue weighted by molar-refractivity contribution is 5.97. The third-order valence-electron chi connectivity index (χ3n) is 7.20. The number of amides is 1. The summed E-state index contributed by atoms with van der Waals surface area (Å²) in [7, 11) is 0. The van der Waals surface area contributed by atoms with Gasteiger partial charge < -0.3 is 14.7 Å². The molecule has 5 nitrogen and oxygen atoms in total. The van der Waals surface area contributed by atoms with Crippen LogP contribution in [0.5, 0.6) is 5.75 Å². The molecule has 1 atom stereocenters. The van der Waals surface area contributed by atoms with Crippen molar-refractivity contribution in [3.8, 4) is 5.75 Å². The highest BCUT2D eigenvalue weighted by atomic mass is 19.1. The number of carbonyl (C=O) groups excluding carboxylic acids is 1. The lowest BCUT2D eigenvalue weighted by molar-refractivity contribution is -0.141. The van der Waals surface area contributed by atoms with Gasteiger partial charge in [-0.3, -0.25) is 4.79 Å². The minimum Gasteiger partial charge on any atom is -0.493 e. The van der Waals surface area contributed by atoms with Crippen LogP contribution in [0.3, 0.4) is 0 Å². The molecule has 0 bridgehead atoms. The van der Waals surface area contributed by atoms with Crippen molar-refractivity contribution < 1.29 is 23.8 Å². The Bertz CT molecular complexity index is 827. The first-order valence-corrected chi connectivity index (χ1v) is 11.3. The smallest absolute Gasteiger partial charge is 0.326 e. The highest BCUT2D eigenvalue weighted by Crippen LogP contribution is 2.46. The van der Waals surface area contributed by atoms with E-state index in [1.165, 1.54) is 23.8 Å². The maximum Gasteiger partial charge on any atom is 0.326 e. The van der Waals surface area contributed by atoms with Crippen LogP contribution in [0, 0.1) is 17.2 Å². The second kappa shape index (κ2) is 8.20. The Hall–Kier alpha value is -2.11. The van der Waals surface area contributed by atoms with Gasteiger partial charge in [-0.05, 0) is 62.0 Å². The van der Waals surface area contributed by atoms with E-state index in [1.54, 1.807) is 6.07 Å². The van der Waals surface area contributed by atoms with Crippen LogP contribution in [-0.2, 0) is 4.79 Å². The van der Waals surface area contributed by atoms with Gasteiger partial charge in [0.25, 0.3) is 5.91 Å². The third-order valence-corrected chi connectivity index (χ3v) is 7.20. The number of carboxylic acid groups (broad SMARTS) is 1. The number of likely N-dealkylation sites (tertiary alicyclic amines) is 1. The van der Waals surface area contributed by atoms with Crippen LogP contribution < -0.4 is 4.74 Å². The lowest BCUT2D eigenvalue weighted by atomic mass is 9.73. The number of hydrogen-bond acceptors (Lipinski definition) is 3. The van der Waals surface area contributed by atoms with Gasteiger partial charge in [-0.1, -0.05) is 26.7 Å². The van der Waals surface area contributed by atoms with E-state index < -0.39 is 23.7 Å². The molecule has 3 fully saturated rings. The first-order chi connectivity index (χ1) is 14.3. The van der Waals surface area contributed by atoms with Crippen LogP contribution in [0.2, 0.25) is 0 Å². The second-order valence-electron chi connectivity index (χ2n) is 9.92. The predicted molar refractivity (Wildman–Crippen MR) is 111 cm³/mol. The molecule has 1 aromatic carbocycles. The van der Waals surface area contributed by atoms with E-state index in [-0.39, 0.29) is 11.0 Å². The van der Waals surface area contributed by atoms with Crippen LogP contribution in [0.15, 0.2) is 12.1 Å². The Labute approximate surface area is 177 Å². The van der Waals surface area contributed by atoms with Crippen molar-refractivity contribution in [2.45, 2.75) is 77.2 Å². The summed E-state index contributed by atoms with van der Waals surface area (Å²) in [6.45, 7) is 5.43. The normalized spacial score (nSPS) is 29.1. The average molecular weight is 418 g/mol. The van der Waals surface area contributed by atoms with E-state index in [1.807, 2.05) is 0 Å². The molecule has 1 aromatic rings. The Balaban J connectivity index is 1.54. The molecule has 30 heavy (non-hydrogen) atoms. The zero-order valence-electron chi connectivity index (χ0n) is 18.0. The van der Waals surface area contributed by atoms with Crippen LogP contribution >= 0.6 is 0 Å². The number of hydrogen-bond donors (Lipinski definition) is 1. The van der Waals surface area contributed by atoms with Gasteiger partial charge in [0, 0.05) is 18.0 Å². The third kappa shape index (κ3) is 4.33. The fourth-order valence-corrected chi connectivity index (χ4v) is 4.85. The second-order valence-corrected chi connectivity index (χ2v) is 9.92. The van der Waals surface area contributed by atoms with Crippen LogP contribution in [-0.4, -0.2) is 41.1 Å². The van der Waals surface area contributed by atoms with Gasteiger partial charge in [0.1, 0.15) is 17.6 Å². The summed E-state index contributed by atoms with van der Waals surface area (Å²) in [5.41, 5.74) is 0.955. The molecule has 1 amide bonds. The Morgan fingerprint density at radius 2 is 1.90 bits per heavy atom. The van der Waals surface area contributed by atoms with E-state index in [0.717, 1.165) is 37.2 Å². The van der Waals surface area contributed by atoms with Crippen LogP contribution in [0.4, 0.5) is 4.39 Å². The summed E-state index contributed by atoms with van der Waals surface area (Å²) in [6.07, 6.45) is 7.65. The summed E-state index contributed by atoms with van der Waals surface area (Å²) in [6, 6.07) is 2.10. The molecular weight excluding hydrogens is 385 g/mol. The molecule has 1 saturated heterocycles. The molecule has 2 aliphatic carbocycles. The molecule has 2 saturated carbocycles.